The molecule has 1 atom stereocenters. The van der Waals surface area contributed by atoms with Gasteiger partial charge in [0, 0.05) is 31.6 Å². The largest absolute Gasteiger partial charge is 0.476 e. The smallest absolute Gasteiger partial charge is 0.355 e. The molecule has 39 heavy (non-hydrogen) atoms. The number of hydrogen-bond acceptors (Lipinski definition) is 7. The summed E-state index contributed by atoms with van der Waals surface area (Å²) in [5.74, 6) is -1.17. The van der Waals surface area contributed by atoms with Gasteiger partial charge in [0.2, 0.25) is 15.9 Å². The number of aromatic nitrogens is 1. The third kappa shape index (κ3) is 6.66. The molecule has 3 aromatic rings. The van der Waals surface area contributed by atoms with E-state index in [1.807, 2.05) is 36.4 Å². The first-order valence-electron chi connectivity index (χ1n) is 13.0. The second-order valence-electron chi connectivity index (χ2n) is 9.91. The van der Waals surface area contributed by atoms with Gasteiger partial charge >= 0.3 is 5.97 Å². The van der Waals surface area contributed by atoms with Gasteiger partial charge in [-0.3, -0.25) is 4.79 Å². The van der Waals surface area contributed by atoms with Crippen LogP contribution in [0.1, 0.15) is 60.3 Å². The van der Waals surface area contributed by atoms with Crippen molar-refractivity contribution in [3.05, 3.63) is 76.3 Å². The molecule has 0 spiro atoms. The van der Waals surface area contributed by atoms with E-state index in [4.69, 9.17) is 0 Å². The predicted molar refractivity (Wildman–Crippen MR) is 152 cm³/mol. The summed E-state index contributed by atoms with van der Waals surface area (Å²) in [6.07, 6.45) is 1.81. The van der Waals surface area contributed by atoms with Gasteiger partial charge in [-0.1, -0.05) is 63.6 Å². The van der Waals surface area contributed by atoms with Crippen molar-refractivity contribution < 1.29 is 23.1 Å². The molecule has 2 N–H and O–H groups in total. The number of piperazine rings is 1. The van der Waals surface area contributed by atoms with Crippen LogP contribution in [0.3, 0.4) is 0 Å². The molecule has 0 saturated carbocycles. The summed E-state index contributed by atoms with van der Waals surface area (Å²) in [5.41, 5.74) is 3.08. The summed E-state index contributed by atoms with van der Waals surface area (Å²) < 4.78 is 28.7. The van der Waals surface area contributed by atoms with Crippen LogP contribution in [0.5, 0.6) is 0 Å². The van der Waals surface area contributed by atoms with Crippen molar-refractivity contribution in [2.24, 2.45) is 0 Å². The highest BCUT2D eigenvalue weighted by molar-refractivity contribution is 7.89. The third-order valence-corrected chi connectivity index (χ3v) is 9.62. The zero-order valence-electron chi connectivity index (χ0n) is 22.3. The average molecular weight is 571 g/mol. The Labute approximate surface area is 233 Å². The van der Waals surface area contributed by atoms with Gasteiger partial charge in [0.05, 0.1) is 4.90 Å². The quantitative estimate of drug-likeness (QED) is 0.376. The molecule has 2 aromatic carbocycles. The fraction of sp³-hybridized carbons (Fsp3) is 0.393. The number of carboxylic acids is 1. The maximum atomic E-state index is 13.7. The molecule has 0 bridgehead atoms. The number of carboxylic acid groups (broad SMARTS) is 1. The Morgan fingerprint density at radius 3 is 2.33 bits per heavy atom. The van der Waals surface area contributed by atoms with Gasteiger partial charge in [-0.15, -0.1) is 11.3 Å². The standard InChI is InChI=1S/C28H34N4O5S2/c1-4-5-20-8-12-23(13-9-20)39(36,37)32-15-14-31(28-30-24(18-38-28)27(34)35)17-25(32)26(33)29-16-21-6-10-22(11-7-21)19(2)3/h6-13,18-19,25H,4-5,14-17H2,1-3H3,(H,29,33)(H,34,35). The summed E-state index contributed by atoms with van der Waals surface area (Å²) in [4.78, 5) is 30.9. The average Bonchev–Trinajstić information content (AvgIpc) is 3.43. The van der Waals surface area contributed by atoms with Crippen molar-refractivity contribution in [1.82, 2.24) is 14.6 Å². The first kappa shape index (κ1) is 28.7. The zero-order chi connectivity index (χ0) is 28.2. The van der Waals surface area contributed by atoms with Crippen LogP contribution < -0.4 is 10.2 Å². The Morgan fingerprint density at radius 1 is 1.08 bits per heavy atom. The highest BCUT2D eigenvalue weighted by atomic mass is 32.2. The second kappa shape index (κ2) is 12.3. The lowest BCUT2D eigenvalue weighted by Crippen LogP contribution is -2.60. The number of anilines is 1. The van der Waals surface area contributed by atoms with Crippen LogP contribution in [0.15, 0.2) is 58.8 Å². The SMILES string of the molecule is CCCc1ccc(S(=O)(=O)N2CCN(c3nc(C(=O)O)cs3)CC2C(=O)NCc2ccc(C(C)C)cc2)cc1. The molecule has 9 nitrogen and oxygen atoms in total. The van der Waals surface area contributed by atoms with Gasteiger partial charge in [-0.2, -0.15) is 4.31 Å². The Kier molecular flexibility index (Phi) is 9.04. The number of carbonyl (C=O) groups excluding carboxylic acids is 1. The predicted octanol–water partition coefficient (Wildman–Crippen LogP) is 4.11. The fourth-order valence-corrected chi connectivity index (χ4v) is 6.94. The molecule has 208 valence electrons. The maximum Gasteiger partial charge on any atom is 0.355 e. The van der Waals surface area contributed by atoms with Crippen molar-refractivity contribution in [2.45, 2.75) is 57.0 Å². The van der Waals surface area contributed by atoms with Crippen molar-refractivity contribution >= 4 is 38.4 Å². The third-order valence-electron chi connectivity index (χ3n) is 6.80. The molecule has 1 unspecified atom stereocenters. The summed E-state index contributed by atoms with van der Waals surface area (Å²) in [7, 11) is -3.97. The molecule has 1 aromatic heterocycles. The maximum absolute atomic E-state index is 13.7. The van der Waals surface area contributed by atoms with E-state index in [0.717, 1.165) is 35.3 Å². The van der Waals surface area contributed by atoms with Gasteiger partial charge in [-0.05, 0) is 41.2 Å². The lowest BCUT2D eigenvalue weighted by Gasteiger charge is -2.39. The van der Waals surface area contributed by atoms with Crippen LogP contribution in [0.4, 0.5) is 5.13 Å². The number of benzene rings is 2. The summed E-state index contributed by atoms with van der Waals surface area (Å²) in [6.45, 7) is 6.93. The molecular weight excluding hydrogens is 536 g/mol. The molecule has 4 rings (SSSR count). The van der Waals surface area contributed by atoms with Crippen LogP contribution in [0.25, 0.3) is 0 Å². The van der Waals surface area contributed by atoms with Crippen LogP contribution in [-0.4, -0.2) is 60.4 Å². The number of amides is 1. The minimum absolute atomic E-state index is 0.0534. The number of carbonyl (C=O) groups is 2. The molecule has 1 amide bonds. The van der Waals surface area contributed by atoms with Crippen molar-refractivity contribution in [3.63, 3.8) is 0 Å². The number of rotatable bonds is 10. The zero-order valence-corrected chi connectivity index (χ0v) is 24.0. The van der Waals surface area contributed by atoms with Crippen molar-refractivity contribution in [3.8, 4) is 0 Å². The Morgan fingerprint density at radius 2 is 1.74 bits per heavy atom. The van der Waals surface area contributed by atoms with E-state index in [0.29, 0.717) is 11.0 Å². The minimum Gasteiger partial charge on any atom is -0.476 e. The number of hydrogen-bond donors (Lipinski definition) is 2. The molecule has 11 heteroatoms. The Balaban J connectivity index is 1.57. The van der Waals surface area contributed by atoms with Crippen molar-refractivity contribution in [2.75, 3.05) is 24.5 Å². The van der Waals surface area contributed by atoms with E-state index in [1.54, 1.807) is 17.0 Å². The molecule has 1 aliphatic heterocycles. The van der Waals surface area contributed by atoms with Gasteiger partial charge in [0.15, 0.2) is 10.8 Å². The highest BCUT2D eigenvalue weighted by Gasteiger charge is 2.41. The number of aromatic carboxylic acids is 1. The van der Waals surface area contributed by atoms with Crippen LogP contribution in [0, 0.1) is 0 Å². The fourth-order valence-electron chi connectivity index (χ4n) is 4.53. The molecule has 0 aliphatic carbocycles. The number of thiazole rings is 1. The van der Waals surface area contributed by atoms with E-state index in [-0.39, 0.29) is 36.8 Å². The van der Waals surface area contributed by atoms with Gasteiger partial charge in [-0.25, -0.2) is 18.2 Å². The molecule has 1 aliphatic rings. The Hall–Kier alpha value is -3.28. The van der Waals surface area contributed by atoms with E-state index < -0.39 is 27.9 Å². The molecule has 1 fully saturated rings. The van der Waals surface area contributed by atoms with Crippen LogP contribution >= 0.6 is 11.3 Å². The van der Waals surface area contributed by atoms with Crippen LogP contribution in [-0.2, 0) is 27.8 Å². The first-order valence-corrected chi connectivity index (χ1v) is 15.3. The number of nitrogens with zero attached hydrogens (tertiary/aromatic N) is 3. The number of sulfonamides is 1. The molecule has 1 saturated heterocycles. The number of nitrogens with one attached hydrogen (secondary N) is 1. The van der Waals surface area contributed by atoms with E-state index in [1.165, 1.54) is 15.2 Å². The molecule has 2 heterocycles. The van der Waals surface area contributed by atoms with E-state index in [9.17, 15) is 23.1 Å². The van der Waals surface area contributed by atoms with Crippen molar-refractivity contribution in [1.29, 1.82) is 0 Å². The monoisotopic (exact) mass is 570 g/mol. The molecular formula is C28H34N4O5S2. The lowest BCUT2D eigenvalue weighted by molar-refractivity contribution is -0.125. The minimum atomic E-state index is -3.97. The summed E-state index contributed by atoms with van der Waals surface area (Å²) >= 11 is 1.16. The second-order valence-corrected chi connectivity index (χ2v) is 12.6. The normalized spacial score (nSPS) is 16.4. The summed E-state index contributed by atoms with van der Waals surface area (Å²) in [6, 6.07) is 13.8. The number of aryl methyl sites for hydroxylation is 1. The molecule has 0 radical (unpaired) electrons. The summed E-state index contributed by atoms with van der Waals surface area (Å²) in [5, 5.41) is 14.1. The first-order chi connectivity index (χ1) is 18.6. The lowest BCUT2D eigenvalue weighted by atomic mass is 10.0. The van der Waals surface area contributed by atoms with E-state index >= 15 is 0 Å². The van der Waals surface area contributed by atoms with Gasteiger partial charge in [0.1, 0.15) is 6.04 Å². The Bertz CT molecular complexity index is 1400. The van der Waals surface area contributed by atoms with E-state index in [2.05, 4.69) is 31.1 Å². The highest BCUT2D eigenvalue weighted by Crippen LogP contribution is 2.28. The topological polar surface area (TPSA) is 120 Å². The van der Waals surface area contributed by atoms with Crippen LogP contribution in [0.2, 0.25) is 0 Å². The van der Waals surface area contributed by atoms with Gasteiger partial charge in [0.25, 0.3) is 0 Å². The van der Waals surface area contributed by atoms with Gasteiger partial charge < -0.3 is 15.3 Å².